The molecule has 2 aromatic rings. The molecule has 18 heavy (non-hydrogen) atoms. The maximum atomic E-state index is 5.22. The second kappa shape index (κ2) is 4.63. The third kappa shape index (κ3) is 2.66. The fourth-order valence-corrected chi connectivity index (χ4v) is 1.86. The lowest BCUT2D eigenvalue weighted by atomic mass is 9.80. The number of hydrogen-bond acceptors (Lipinski definition) is 2. The van der Waals surface area contributed by atoms with E-state index in [2.05, 4.69) is 37.7 Å². The second-order valence-electron chi connectivity index (χ2n) is 6.04. The first-order chi connectivity index (χ1) is 8.40. The van der Waals surface area contributed by atoms with Crippen LogP contribution in [0.2, 0.25) is 0 Å². The third-order valence-corrected chi connectivity index (χ3v) is 3.72. The van der Waals surface area contributed by atoms with Gasteiger partial charge in [-0.2, -0.15) is 0 Å². The topological polar surface area (TPSA) is 37.9 Å². The van der Waals surface area contributed by atoms with Crippen LogP contribution in [0.1, 0.15) is 33.5 Å². The lowest BCUT2D eigenvalue weighted by Gasteiger charge is -2.26. The summed E-state index contributed by atoms with van der Waals surface area (Å²) in [6.45, 7) is 9.07. The van der Waals surface area contributed by atoms with E-state index in [9.17, 15) is 0 Å². The van der Waals surface area contributed by atoms with Crippen LogP contribution in [0.25, 0.3) is 11.0 Å². The first-order valence-corrected chi connectivity index (χ1v) is 6.43. The molecule has 0 amide bonds. The van der Waals surface area contributed by atoms with Gasteiger partial charge in [-0.15, -0.1) is 0 Å². The van der Waals surface area contributed by atoms with Crippen LogP contribution >= 0.6 is 0 Å². The quantitative estimate of drug-likeness (QED) is 0.894. The molecule has 1 N–H and O–H groups in total. The summed E-state index contributed by atoms with van der Waals surface area (Å²) in [5.74, 6) is 2.50. The zero-order chi connectivity index (χ0) is 13.3. The average Bonchev–Trinajstić information content (AvgIpc) is 2.68. The molecule has 0 aliphatic heterocycles. The maximum absolute atomic E-state index is 5.22. The van der Waals surface area contributed by atoms with Crippen molar-refractivity contribution in [3.05, 3.63) is 24.0 Å². The Labute approximate surface area is 109 Å². The van der Waals surface area contributed by atoms with Crippen molar-refractivity contribution in [1.82, 2.24) is 9.97 Å². The third-order valence-electron chi connectivity index (χ3n) is 3.72. The summed E-state index contributed by atoms with van der Waals surface area (Å²) in [6.07, 6.45) is 0.973. The van der Waals surface area contributed by atoms with Crippen molar-refractivity contribution in [3.8, 4) is 5.75 Å². The van der Waals surface area contributed by atoms with E-state index in [1.165, 1.54) is 0 Å². The van der Waals surface area contributed by atoms with Gasteiger partial charge in [-0.3, -0.25) is 0 Å². The molecule has 0 saturated heterocycles. The summed E-state index contributed by atoms with van der Waals surface area (Å²) in [5, 5.41) is 0. The Morgan fingerprint density at radius 1 is 1.33 bits per heavy atom. The molecule has 2 rings (SSSR count). The van der Waals surface area contributed by atoms with Crippen LogP contribution < -0.4 is 4.74 Å². The van der Waals surface area contributed by atoms with Gasteiger partial charge in [-0.25, -0.2) is 4.98 Å². The Bertz CT molecular complexity index is 537. The molecule has 3 nitrogen and oxygen atoms in total. The van der Waals surface area contributed by atoms with Gasteiger partial charge in [0.2, 0.25) is 0 Å². The maximum Gasteiger partial charge on any atom is 0.121 e. The molecule has 0 radical (unpaired) electrons. The molecule has 1 heterocycles. The molecule has 0 aliphatic rings. The zero-order valence-corrected chi connectivity index (χ0v) is 11.9. The lowest BCUT2D eigenvalue weighted by molar-refractivity contribution is 0.257. The van der Waals surface area contributed by atoms with Gasteiger partial charge in [0.05, 0.1) is 18.1 Å². The number of hydrogen-bond donors (Lipinski definition) is 1. The Hall–Kier alpha value is -1.51. The van der Waals surface area contributed by atoms with Gasteiger partial charge in [-0.1, -0.05) is 27.7 Å². The number of aromatic amines is 1. The summed E-state index contributed by atoms with van der Waals surface area (Å²) in [7, 11) is 1.68. The predicted octanol–water partition coefficient (Wildman–Crippen LogP) is 3.80. The Balaban J connectivity index is 2.25. The highest BCUT2D eigenvalue weighted by molar-refractivity contribution is 5.76. The number of ether oxygens (including phenoxy) is 1. The van der Waals surface area contributed by atoms with Crippen molar-refractivity contribution in [2.75, 3.05) is 7.11 Å². The summed E-state index contributed by atoms with van der Waals surface area (Å²) in [6, 6.07) is 5.93. The number of rotatable bonds is 3. The first kappa shape index (κ1) is 12.9. The molecular formula is C15H22N2O. The molecule has 0 fully saturated rings. The van der Waals surface area contributed by atoms with Crippen LogP contribution in [0, 0.1) is 11.3 Å². The number of imidazole rings is 1. The SMILES string of the molecule is COc1ccc2nc(CC(C)C(C)(C)C)[nH]c2c1. The Morgan fingerprint density at radius 3 is 2.67 bits per heavy atom. The smallest absolute Gasteiger partial charge is 0.121 e. The molecule has 3 heteroatoms. The van der Waals surface area contributed by atoms with Gasteiger partial charge in [0.15, 0.2) is 0 Å². The molecule has 0 spiro atoms. The molecule has 0 bridgehead atoms. The molecule has 1 atom stereocenters. The van der Waals surface area contributed by atoms with Crippen LogP contribution in [0.15, 0.2) is 18.2 Å². The largest absolute Gasteiger partial charge is 0.497 e. The molecule has 98 valence electrons. The van der Waals surface area contributed by atoms with Crippen LogP contribution in [-0.2, 0) is 6.42 Å². The predicted molar refractivity (Wildman–Crippen MR) is 75.0 cm³/mol. The molecule has 1 aromatic heterocycles. The fraction of sp³-hybridized carbons (Fsp3) is 0.533. The van der Waals surface area contributed by atoms with E-state index in [0.29, 0.717) is 11.3 Å². The van der Waals surface area contributed by atoms with E-state index in [4.69, 9.17) is 4.74 Å². The van der Waals surface area contributed by atoms with E-state index in [-0.39, 0.29) is 0 Å². The zero-order valence-electron chi connectivity index (χ0n) is 11.9. The van der Waals surface area contributed by atoms with Crippen LogP contribution in [0.3, 0.4) is 0 Å². The normalized spacial score (nSPS) is 13.8. The van der Waals surface area contributed by atoms with Gasteiger partial charge >= 0.3 is 0 Å². The second-order valence-corrected chi connectivity index (χ2v) is 6.04. The molecular weight excluding hydrogens is 224 g/mol. The number of nitrogens with zero attached hydrogens (tertiary/aromatic N) is 1. The highest BCUT2D eigenvalue weighted by Gasteiger charge is 2.21. The van der Waals surface area contributed by atoms with E-state index in [1.54, 1.807) is 7.11 Å². The van der Waals surface area contributed by atoms with Crippen LogP contribution in [0.4, 0.5) is 0 Å². The average molecular weight is 246 g/mol. The molecule has 0 aliphatic carbocycles. The van der Waals surface area contributed by atoms with E-state index >= 15 is 0 Å². The summed E-state index contributed by atoms with van der Waals surface area (Å²) >= 11 is 0. The van der Waals surface area contributed by atoms with Crippen molar-refractivity contribution >= 4 is 11.0 Å². The van der Waals surface area contributed by atoms with Crippen molar-refractivity contribution in [3.63, 3.8) is 0 Å². The summed E-state index contributed by atoms with van der Waals surface area (Å²) in [5.41, 5.74) is 2.36. The van der Waals surface area contributed by atoms with Crippen LogP contribution in [-0.4, -0.2) is 17.1 Å². The minimum atomic E-state index is 0.302. The lowest BCUT2D eigenvalue weighted by Crippen LogP contribution is -2.19. The standard InChI is InChI=1S/C15H22N2O/c1-10(15(2,3)4)8-14-16-12-7-6-11(18-5)9-13(12)17-14/h6-7,9-10H,8H2,1-5H3,(H,16,17). The number of methoxy groups -OCH3 is 1. The van der Waals surface area contributed by atoms with Gasteiger partial charge in [0, 0.05) is 12.5 Å². The van der Waals surface area contributed by atoms with Crippen molar-refractivity contribution in [1.29, 1.82) is 0 Å². The van der Waals surface area contributed by atoms with E-state index in [0.717, 1.165) is 29.0 Å². The van der Waals surface area contributed by atoms with Crippen molar-refractivity contribution < 1.29 is 4.74 Å². The Morgan fingerprint density at radius 2 is 2.06 bits per heavy atom. The molecule has 0 saturated carbocycles. The first-order valence-electron chi connectivity index (χ1n) is 6.43. The van der Waals surface area contributed by atoms with Crippen molar-refractivity contribution in [2.24, 2.45) is 11.3 Å². The van der Waals surface area contributed by atoms with Gasteiger partial charge in [-0.05, 0) is 23.5 Å². The minimum absolute atomic E-state index is 0.302. The highest BCUT2D eigenvalue weighted by atomic mass is 16.5. The molecule has 1 unspecified atom stereocenters. The minimum Gasteiger partial charge on any atom is -0.497 e. The van der Waals surface area contributed by atoms with Crippen LogP contribution in [0.5, 0.6) is 5.75 Å². The summed E-state index contributed by atoms with van der Waals surface area (Å²) < 4.78 is 5.22. The summed E-state index contributed by atoms with van der Waals surface area (Å²) in [4.78, 5) is 8.01. The number of benzene rings is 1. The monoisotopic (exact) mass is 246 g/mol. The highest BCUT2D eigenvalue weighted by Crippen LogP contribution is 2.28. The van der Waals surface area contributed by atoms with E-state index in [1.807, 2.05) is 18.2 Å². The number of nitrogens with one attached hydrogen (secondary N) is 1. The molecule has 1 aromatic carbocycles. The van der Waals surface area contributed by atoms with Gasteiger partial charge < -0.3 is 9.72 Å². The fourth-order valence-electron chi connectivity index (χ4n) is 1.86. The number of H-pyrrole nitrogens is 1. The van der Waals surface area contributed by atoms with Crippen molar-refractivity contribution in [2.45, 2.75) is 34.1 Å². The number of fused-ring (bicyclic) bond motifs is 1. The number of aromatic nitrogens is 2. The van der Waals surface area contributed by atoms with E-state index < -0.39 is 0 Å². The van der Waals surface area contributed by atoms with Gasteiger partial charge in [0.25, 0.3) is 0 Å². The Kier molecular flexibility index (Phi) is 3.33. The van der Waals surface area contributed by atoms with Gasteiger partial charge in [0.1, 0.15) is 11.6 Å².